The number of hydrogen-bond acceptors (Lipinski definition) is 4. The lowest BCUT2D eigenvalue weighted by Gasteiger charge is -2.10. The molecule has 0 radical (unpaired) electrons. The third kappa shape index (κ3) is 2.23. The lowest BCUT2D eigenvalue weighted by atomic mass is 10.1. The summed E-state index contributed by atoms with van der Waals surface area (Å²) >= 11 is 0. The molecule has 1 rings (SSSR count). The minimum absolute atomic E-state index is 0.118. The van der Waals surface area contributed by atoms with Gasteiger partial charge >= 0.3 is 5.97 Å². The van der Waals surface area contributed by atoms with Crippen LogP contribution in [0.1, 0.15) is 18.6 Å². The van der Waals surface area contributed by atoms with Gasteiger partial charge in [-0.15, -0.1) is 0 Å². The molecular formula is C10H12O4. The molecule has 0 saturated carbocycles. The largest absolute Gasteiger partial charge is 0.508 e. The van der Waals surface area contributed by atoms with Gasteiger partial charge in [-0.3, -0.25) is 0 Å². The molecule has 2 N–H and O–H groups in total. The van der Waals surface area contributed by atoms with Crippen LogP contribution in [0.2, 0.25) is 0 Å². The van der Waals surface area contributed by atoms with Crippen LogP contribution in [-0.4, -0.2) is 22.8 Å². The number of ether oxygens (including phenoxy) is 1. The Morgan fingerprint density at radius 3 is 2.71 bits per heavy atom. The van der Waals surface area contributed by atoms with Gasteiger partial charge in [-0.25, -0.2) is 4.79 Å². The van der Waals surface area contributed by atoms with Gasteiger partial charge in [0.25, 0.3) is 0 Å². The van der Waals surface area contributed by atoms with Crippen LogP contribution in [0.5, 0.6) is 5.75 Å². The summed E-state index contributed by atoms with van der Waals surface area (Å²) in [4.78, 5) is 11.1. The van der Waals surface area contributed by atoms with Crippen LogP contribution in [0.15, 0.2) is 24.3 Å². The van der Waals surface area contributed by atoms with Crippen LogP contribution in [0.25, 0.3) is 0 Å². The normalized spacial score (nSPS) is 12.1. The lowest BCUT2D eigenvalue weighted by molar-refractivity contribution is -0.153. The maximum absolute atomic E-state index is 11.1. The molecular weight excluding hydrogens is 184 g/mol. The molecule has 0 bridgehead atoms. The molecule has 1 unspecified atom stereocenters. The Morgan fingerprint density at radius 1 is 1.50 bits per heavy atom. The summed E-state index contributed by atoms with van der Waals surface area (Å²) in [5, 5.41) is 18.8. The van der Waals surface area contributed by atoms with E-state index in [-0.39, 0.29) is 17.9 Å². The highest BCUT2D eigenvalue weighted by atomic mass is 16.5. The Bertz CT molecular complexity index is 322. The van der Waals surface area contributed by atoms with E-state index < -0.39 is 12.1 Å². The van der Waals surface area contributed by atoms with Crippen molar-refractivity contribution in [2.45, 2.75) is 13.0 Å². The highest BCUT2D eigenvalue weighted by Crippen LogP contribution is 2.24. The number of benzene rings is 1. The predicted octanol–water partition coefficient (Wildman–Crippen LogP) is 0.989. The van der Waals surface area contributed by atoms with Gasteiger partial charge in [-0.2, -0.15) is 0 Å². The zero-order chi connectivity index (χ0) is 10.6. The number of aliphatic hydroxyl groups is 1. The molecule has 1 aromatic rings. The van der Waals surface area contributed by atoms with Crippen molar-refractivity contribution < 1.29 is 19.7 Å². The maximum Gasteiger partial charge on any atom is 0.339 e. The molecule has 0 fully saturated rings. The van der Waals surface area contributed by atoms with Crippen LogP contribution >= 0.6 is 0 Å². The first-order valence-corrected chi connectivity index (χ1v) is 4.29. The smallest absolute Gasteiger partial charge is 0.339 e. The topological polar surface area (TPSA) is 66.8 Å². The van der Waals surface area contributed by atoms with E-state index >= 15 is 0 Å². The molecule has 0 aliphatic carbocycles. The minimum atomic E-state index is -1.42. The molecule has 0 saturated heterocycles. The van der Waals surface area contributed by atoms with Gasteiger partial charge in [-0.1, -0.05) is 18.2 Å². The van der Waals surface area contributed by atoms with Crippen molar-refractivity contribution >= 4 is 5.97 Å². The van der Waals surface area contributed by atoms with E-state index in [9.17, 15) is 15.0 Å². The summed E-state index contributed by atoms with van der Waals surface area (Å²) in [6, 6.07) is 6.10. The van der Waals surface area contributed by atoms with Crippen molar-refractivity contribution in [3.63, 3.8) is 0 Å². The summed E-state index contributed by atoms with van der Waals surface area (Å²) in [5.41, 5.74) is 0.158. The monoisotopic (exact) mass is 196 g/mol. The number of hydrogen-bond donors (Lipinski definition) is 2. The summed E-state index contributed by atoms with van der Waals surface area (Å²) in [6.07, 6.45) is -1.42. The summed E-state index contributed by atoms with van der Waals surface area (Å²) < 4.78 is 4.61. The van der Waals surface area contributed by atoms with Crippen molar-refractivity contribution in [2.75, 3.05) is 6.61 Å². The van der Waals surface area contributed by atoms with Crippen molar-refractivity contribution in [3.05, 3.63) is 29.8 Å². The standard InChI is InChI=1S/C10H12O4/c1-2-14-10(13)9(12)7-5-3-4-6-8(7)11/h3-6,9,11-12H,2H2,1H3. The fourth-order valence-electron chi connectivity index (χ4n) is 1.07. The van der Waals surface area contributed by atoms with E-state index in [1.165, 1.54) is 12.1 Å². The first kappa shape index (κ1) is 10.5. The number of carbonyl (C=O) groups excluding carboxylic acids is 1. The highest BCUT2D eigenvalue weighted by Gasteiger charge is 2.20. The number of para-hydroxylation sites is 1. The van der Waals surface area contributed by atoms with Crippen LogP contribution in [0.4, 0.5) is 0 Å². The van der Waals surface area contributed by atoms with Gasteiger partial charge in [0.1, 0.15) is 5.75 Å². The van der Waals surface area contributed by atoms with Crippen LogP contribution < -0.4 is 0 Å². The van der Waals surface area contributed by atoms with Gasteiger partial charge in [0, 0.05) is 5.56 Å². The van der Waals surface area contributed by atoms with Gasteiger partial charge < -0.3 is 14.9 Å². The zero-order valence-electron chi connectivity index (χ0n) is 7.80. The van der Waals surface area contributed by atoms with Crippen molar-refractivity contribution in [1.82, 2.24) is 0 Å². The number of rotatable bonds is 3. The first-order valence-electron chi connectivity index (χ1n) is 4.29. The van der Waals surface area contributed by atoms with Gasteiger partial charge in [0.05, 0.1) is 6.61 Å². The molecule has 4 heteroatoms. The molecule has 0 aliphatic rings. The first-order chi connectivity index (χ1) is 6.66. The molecule has 1 atom stereocenters. The van der Waals surface area contributed by atoms with E-state index in [2.05, 4.69) is 4.74 Å². The van der Waals surface area contributed by atoms with E-state index in [4.69, 9.17) is 0 Å². The summed E-state index contributed by atoms with van der Waals surface area (Å²) in [6.45, 7) is 1.85. The third-order valence-corrected chi connectivity index (χ3v) is 1.74. The Kier molecular flexibility index (Phi) is 3.48. The summed E-state index contributed by atoms with van der Waals surface area (Å²) in [5.74, 6) is -0.873. The lowest BCUT2D eigenvalue weighted by Crippen LogP contribution is -2.15. The Balaban J connectivity index is 2.84. The fourth-order valence-corrected chi connectivity index (χ4v) is 1.07. The van der Waals surface area contributed by atoms with Crippen LogP contribution in [0, 0.1) is 0 Å². The second-order valence-electron chi connectivity index (χ2n) is 2.71. The third-order valence-electron chi connectivity index (χ3n) is 1.74. The SMILES string of the molecule is CCOC(=O)C(O)c1ccccc1O. The Labute approximate surface area is 81.8 Å². The van der Waals surface area contributed by atoms with E-state index in [1.807, 2.05) is 0 Å². The number of aliphatic hydroxyl groups excluding tert-OH is 1. The number of phenolic OH excluding ortho intramolecular Hbond substituents is 1. The number of esters is 1. The molecule has 1 aromatic carbocycles. The highest BCUT2D eigenvalue weighted by molar-refractivity contribution is 5.77. The molecule has 4 nitrogen and oxygen atoms in total. The second kappa shape index (κ2) is 4.62. The van der Waals surface area contributed by atoms with Gasteiger partial charge in [-0.05, 0) is 13.0 Å². The fraction of sp³-hybridized carbons (Fsp3) is 0.300. The molecule has 76 valence electrons. The van der Waals surface area contributed by atoms with Gasteiger partial charge in [0.2, 0.25) is 0 Å². The Hall–Kier alpha value is -1.55. The molecule has 0 aromatic heterocycles. The van der Waals surface area contributed by atoms with Crippen molar-refractivity contribution in [1.29, 1.82) is 0 Å². The average molecular weight is 196 g/mol. The molecule has 14 heavy (non-hydrogen) atoms. The van der Waals surface area contributed by atoms with Crippen LogP contribution in [-0.2, 0) is 9.53 Å². The maximum atomic E-state index is 11.1. The zero-order valence-corrected chi connectivity index (χ0v) is 7.80. The predicted molar refractivity (Wildman–Crippen MR) is 49.7 cm³/mol. The number of carbonyl (C=O) groups is 1. The van der Waals surface area contributed by atoms with E-state index in [0.29, 0.717) is 0 Å². The van der Waals surface area contributed by atoms with E-state index in [0.717, 1.165) is 0 Å². The van der Waals surface area contributed by atoms with Gasteiger partial charge in [0.15, 0.2) is 6.10 Å². The summed E-state index contributed by atoms with van der Waals surface area (Å²) in [7, 11) is 0. The second-order valence-corrected chi connectivity index (χ2v) is 2.71. The molecule has 0 aliphatic heterocycles. The quantitative estimate of drug-likeness (QED) is 0.707. The average Bonchev–Trinajstić information content (AvgIpc) is 2.18. The Morgan fingerprint density at radius 2 is 2.14 bits per heavy atom. The molecule has 0 spiro atoms. The van der Waals surface area contributed by atoms with Crippen LogP contribution in [0.3, 0.4) is 0 Å². The number of phenols is 1. The molecule has 0 heterocycles. The van der Waals surface area contributed by atoms with Crippen molar-refractivity contribution in [2.24, 2.45) is 0 Å². The van der Waals surface area contributed by atoms with E-state index in [1.54, 1.807) is 19.1 Å². The molecule has 0 amide bonds. The van der Waals surface area contributed by atoms with Crippen molar-refractivity contribution in [3.8, 4) is 5.75 Å². The number of aromatic hydroxyl groups is 1. The minimum Gasteiger partial charge on any atom is -0.508 e.